The molecule has 0 radical (unpaired) electrons. The monoisotopic (exact) mass is 493 g/mol. The minimum atomic E-state index is -0.0425. The summed E-state index contributed by atoms with van der Waals surface area (Å²) in [6.07, 6.45) is 6.27. The molecule has 0 saturated carbocycles. The molecule has 2 aliphatic heterocycles. The SMILES string of the molecule is Cc1cc2[n+](cc1-c1ccccn1)C1c3ccccc3-c3cccc[n+]3C1c1c-2ccc(Cl)c1Cl. The summed E-state index contributed by atoms with van der Waals surface area (Å²) in [5, 5.41) is 1.20. The average molecular weight is 494 g/mol. The van der Waals surface area contributed by atoms with Gasteiger partial charge in [-0.15, -0.1) is 0 Å². The summed E-state index contributed by atoms with van der Waals surface area (Å²) in [7, 11) is 0. The molecule has 2 aliphatic rings. The topological polar surface area (TPSA) is 20.6 Å². The predicted molar refractivity (Wildman–Crippen MR) is 138 cm³/mol. The zero-order chi connectivity index (χ0) is 23.7. The van der Waals surface area contributed by atoms with Gasteiger partial charge in [-0.1, -0.05) is 47.5 Å². The van der Waals surface area contributed by atoms with E-state index in [1.807, 2.05) is 24.4 Å². The molecule has 168 valence electrons. The average Bonchev–Trinajstić information content (AvgIpc) is 2.90. The van der Waals surface area contributed by atoms with Crippen molar-refractivity contribution < 1.29 is 9.13 Å². The number of pyridine rings is 3. The Kier molecular flexibility index (Phi) is 4.60. The fourth-order valence-corrected chi connectivity index (χ4v) is 6.26. The summed E-state index contributed by atoms with van der Waals surface area (Å²) >= 11 is 13.6. The molecule has 0 fully saturated rings. The number of hydrogen-bond acceptors (Lipinski definition) is 1. The second kappa shape index (κ2) is 7.74. The van der Waals surface area contributed by atoms with Gasteiger partial charge in [0, 0.05) is 30.0 Å². The second-order valence-corrected chi connectivity index (χ2v) is 9.96. The van der Waals surface area contributed by atoms with Gasteiger partial charge in [0.1, 0.15) is 0 Å². The first kappa shape index (κ1) is 20.8. The largest absolute Gasteiger partial charge is 0.256 e. The maximum absolute atomic E-state index is 6.99. The first-order valence-corrected chi connectivity index (χ1v) is 12.4. The van der Waals surface area contributed by atoms with Gasteiger partial charge < -0.3 is 0 Å². The van der Waals surface area contributed by atoms with Crippen molar-refractivity contribution in [2.75, 3.05) is 0 Å². The van der Waals surface area contributed by atoms with Crippen LogP contribution in [0.5, 0.6) is 0 Å². The molecule has 5 aromatic rings. The Hall–Kier alpha value is -3.53. The molecule has 0 bridgehead atoms. The van der Waals surface area contributed by atoms with Crippen molar-refractivity contribution in [3.63, 3.8) is 0 Å². The number of nitrogens with zero attached hydrogens (tertiary/aromatic N) is 3. The van der Waals surface area contributed by atoms with Crippen LogP contribution >= 0.6 is 23.2 Å². The highest BCUT2D eigenvalue weighted by Gasteiger charge is 2.53. The van der Waals surface area contributed by atoms with E-state index < -0.39 is 0 Å². The van der Waals surface area contributed by atoms with E-state index in [4.69, 9.17) is 23.2 Å². The second-order valence-electron chi connectivity index (χ2n) is 9.17. The number of rotatable bonds is 1. The van der Waals surface area contributed by atoms with Crippen LogP contribution in [0.3, 0.4) is 0 Å². The summed E-state index contributed by atoms with van der Waals surface area (Å²) < 4.78 is 4.76. The summed E-state index contributed by atoms with van der Waals surface area (Å²) in [5.41, 5.74) is 10.2. The zero-order valence-corrected chi connectivity index (χ0v) is 20.5. The van der Waals surface area contributed by atoms with E-state index in [1.165, 1.54) is 22.4 Å². The standard InChI is InChI=1S/C30H21Cl2N3/c1-18-16-26-21-12-13-23(31)28(32)27(21)30-29(35(26)17-22(18)24-10-4-6-14-33-24)20-9-3-2-8-19(20)25-11-5-7-15-34(25)30/h2-17,29-30H,1H3/q+2. The molecule has 5 heterocycles. The van der Waals surface area contributed by atoms with Crippen molar-refractivity contribution in [1.29, 1.82) is 0 Å². The van der Waals surface area contributed by atoms with Gasteiger partial charge in [0.05, 0.1) is 38.0 Å². The molecule has 3 nitrogen and oxygen atoms in total. The van der Waals surface area contributed by atoms with Crippen LogP contribution in [0.4, 0.5) is 0 Å². The van der Waals surface area contributed by atoms with Crippen LogP contribution in [0.25, 0.3) is 33.8 Å². The fourth-order valence-electron chi connectivity index (χ4n) is 5.82. The van der Waals surface area contributed by atoms with Crippen molar-refractivity contribution in [1.82, 2.24) is 4.98 Å². The Morgan fingerprint density at radius 1 is 0.743 bits per heavy atom. The van der Waals surface area contributed by atoms with Gasteiger partial charge in [0.2, 0.25) is 11.4 Å². The normalized spacial score (nSPS) is 17.0. The maximum Gasteiger partial charge on any atom is 0.251 e. The van der Waals surface area contributed by atoms with Crippen molar-refractivity contribution in [2.45, 2.75) is 19.0 Å². The number of aromatic nitrogens is 3. The third-order valence-corrected chi connectivity index (χ3v) is 8.13. The van der Waals surface area contributed by atoms with E-state index >= 15 is 0 Å². The number of aryl methyl sites for hydroxylation is 1. The van der Waals surface area contributed by atoms with Crippen LogP contribution in [-0.2, 0) is 0 Å². The number of fused-ring (bicyclic) bond motifs is 11. The Balaban J connectivity index is 1.62. The van der Waals surface area contributed by atoms with Crippen molar-refractivity contribution in [3.05, 3.63) is 124 Å². The van der Waals surface area contributed by atoms with Gasteiger partial charge in [-0.2, -0.15) is 9.13 Å². The molecular formula is C30H21Cl2N3+2. The molecule has 0 spiro atoms. The van der Waals surface area contributed by atoms with E-state index in [2.05, 4.69) is 94.1 Å². The molecule has 0 saturated heterocycles. The van der Waals surface area contributed by atoms with E-state index in [0.29, 0.717) is 10.0 Å². The highest BCUT2D eigenvalue weighted by atomic mass is 35.5. The van der Waals surface area contributed by atoms with Crippen LogP contribution < -0.4 is 9.13 Å². The van der Waals surface area contributed by atoms with Gasteiger partial charge in [-0.3, -0.25) is 4.98 Å². The number of halogens is 2. The first-order valence-electron chi connectivity index (χ1n) is 11.7. The highest BCUT2D eigenvalue weighted by Crippen LogP contribution is 2.49. The molecule has 35 heavy (non-hydrogen) atoms. The highest BCUT2D eigenvalue weighted by molar-refractivity contribution is 6.42. The van der Waals surface area contributed by atoms with Crippen molar-refractivity contribution in [3.8, 4) is 33.8 Å². The summed E-state index contributed by atoms with van der Waals surface area (Å²) in [5.74, 6) is 0. The molecule has 2 unspecified atom stereocenters. The molecule has 0 amide bonds. The molecule has 3 aromatic heterocycles. The Morgan fingerprint density at radius 2 is 1.57 bits per heavy atom. The smallest absolute Gasteiger partial charge is 0.251 e. The van der Waals surface area contributed by atoms with Gasteiger partial charge in [0.15, 0.2) is 12.4 Å². The lowest BCUT2D eigenvalue weighted by atomic mass is 9.79. The molecule has 2 aromatic carbocycles. The Bertz CT molecular complexity index is 1650. The number of benzene rings is 2. The predicted octanol–water partition coefficient (Wildman–Crippen LogP) is 6.78. The minimum Gasteiger partial charge on any atom is -0.256 e. The molecular weight excluding hydrogens is 473 g/mol. The van der Waals surface area contributed by atoms with Crippen molar-refractivity contribution in [2.24, 2.45) is 0 Å². The van der Waals surface area contributed by atoms with E-state index in [-0.39, 0.29) is 12.1 Å². The Morgan fingerprint density at radius 3 is 2.43 bits per heavy atom. The fraction of sp³-hybridized carbons (Fsp3) is 0.100. The summed E-state index contributed by atoms with van der Waals surface area (Å²) in [6.45, 7) is 2.15. The minimum absolute atomic E-state index is 0.00706. The Labute approximate surface area is 213 Å². The van der Waals surface area contributed by atoms with Gasteiger partial charge in [-0.05, 0) is 48.9 Å². The quantitative estimate of drug-likeness (QED) is 0.235. The van der Waals surface area contributed by atoms with Gasteiger partial charge >= 0.3 is 0 Å². The van der Waals surface area contributed by atoms with Gasteiger partial charge in [-0.25, -0.2) is 0 Å². The summed E-state index contributed by atoms with van der Waals surface area (Å²) in [4.78, 5) is 4.66. The molecule has 5 heteroatoms. The van der Waals surface area contributed by atoms with E-state index in [1.54, 1.807) is 0 Å². The van der Waals surface area contributed by atoms with Crippen LogP contribution in [0.15, 0.2) is 97.5 Å². The lowest BCUT2D eigenvalue weighted by Crippen LogP contribution is -2.60. The number of hydrogen-bond donors (Lipinski definition) is 0. The molecule has 2 atom stereocenters. The van der Waals surface area contributed by atoms with Crippen LogP contribution in [-0.4, -0.2) is 4.98 Å². The third kappa shape index (κ3) is 2.95. The molecule has 0 aliphatic carbocycles. The first-order chi connectivity index (χ1) is 17.1. The lowest BCUT2D eigenvalue weighted by Gasteiger charge is -2.33. The third-order valence-electron chi connectivity index (χ3n) is 7.31. The van der Waals surface area contributed by atoms with Gasteiger partial charge in [0.25, 0.3) is 12.1 Å². The lowest BCUT2D eigenvalue weighted by molar-refractivity contribution is -0.799. The van der Waals surface area contributed by atoms with Crippen LogP contribution in [0, 0.1) is 6.92 Å². The van der Waals surface area contributed by atoms with E-state index in [9.17, 15) is 0 Å². The van der Waals surface area contributed by atoms with Crippen molar-refractivity contribution >= 4 is 23.2 Å². The van der Waals surface area contributed by atoms with E-state index in [0.717, 1.165) is 28.1 Å². The zero-order valence-electron chi connectivity index (χ0n) is 19.0. The summed E-state index contributed by atoms with van der Waals surface area (Å²) in [6, 6.07) is 27.3. The maximum atomic E-state index is 6.99. The molecule has 7 rings (SSSR count). The van der Waals surface area contributed by atoms with Crippen LogP contribution in [0.2, 0.25) is 10.0 Å². The van der Waals surface area contributed by atoms with Crippen LogP contribution in [0.1, 0.15) is 28.8 Å². The molecule has 0 N–H and O–H groups in total.